The standard InChI is InChI=1S/C20H19NO3S2/c1-11-7-13(3)16(8-12(11)2)18(22)14(4)24-20(23)17-10-26-19(21-17)15-5-6-25-9-15/h5-10,14H,1-4H3. The number of nitrogens with zero attached hydrogens (tertiary/aromatic N) is 1. The lowest BCUT2D eigenvalue weighted by atomic mass is 9.96. The van der Waals surface area contributed by atoms with Crippen molar-refractivity contribution in [1.29, 1.82) is 0 Å². The van der Waals surface area contributed by atoms with E-state index in [1.807, 2.05) is 49.7 Å². The smallest absolute Gasteiger partial charge is 0.358 e. The van der Waals surface area contributed by atoms with Gasteiger partial charge in [-0.2, -0.15) is 11.3 Å². The molecule has 26 heavy (non-hydrogen) atoms. The van der Waals surface area contributed by atoms with E-state index < -0.39 is 12.1 Å². The average molecular weight is 386 g/mol. The van der Waals surface area contributed by atoms with Crippen LogP contribution in [0.25, 0.3) is 10.6 Å². The Hall–Kier alpha value is -2.31. The molecule has 3 aromatic rings. The van der Waals surface area contributed by atoms with Gasteiger partial charge < -0.3 is 4.74 Å². The van der Waals surface area contributed by atoms with E-state index in [2.05, 4.69) is 4.98 Å². The quantitative estimate of drug-likeness (QED) is 0.446. The Morgan fingerprint density at radius 3 is 2.50 bits per heavy atom. The maximum atomic E-state index is 12.7. The minimum absolute atomic E-state index is 0.202. The highest BCUT2D eigenvalue weighted by atomic mass is 32.1. The molecule has 3 rings (SSSR count). The van der Waals surface area contributed by atoms with Crippen molar-refractivity contribution in [2.24, 2.45) is 0 Å². The van der Waals surface area contributed by atoms with Gasteiger partial charge in [0.25, 0.3) is 0 Å². The summed E-state index contributed by atoms with van der Waals surface area (Å²) < 4.78 is 5.37. The number of esters is 1. The van der Waals surface area contributed by atoms with Gasteiger partial charge in [-0.3, -0.25) is 4.79 Å². The van der Waals surface area contributed by atoms with Gasteiger partial charge in [0.1, 0.15) is 5.01 Å². The van der Waals surface area contributed by atoms with Crippen LogP contribution in [0.4, 0.5) is 0 Å². The highest BCUT2D eigenvalue weighted by Crippen LogP contribution is 2.26. The van der Waals surface area contributed by atoms with E-state index in [-0.39, 0.29) is 11.5 Å². The number of aryl methyl sites for hydroxylation is 3. The number of thiazole rings is 1. The van der Waals surface area contributed by atoms with Crippen LogP contribution in [0, 0.1) is 20.8 Å². The molecule has 0 saturated carbocycles. The third kappa shape index (κ3) is 3.76. The zero-order chi connectivity index (χ0) is 18.8. The summed E-state index contributed by atoms with van der Waals surface area (Å²) in [7, 11) is 0. The first-order valence-corrected chi connectivity index (χ1v) is 10.00. The molecule has 0 fully saturated rings. The summed E-state index contributed by atoms with van der Waals surface area (Å²) in [6, 6.07) is 5.78. The van der Waals surface area contributed by atoms with E-state index in [9.17, 15) is 9.59 Å². The lowest BCUT2D eigenvalue weighted by Crippen LogP contribution is -2.25. The van der Waals surface area contributed by atoms with Crippen LogP contribution in [0.3, 0.4) is 0 Å². The molecule has 0 aliphatic heterocycles. The zero-order valence-electron chi connectivity index (χ0n) is 15.0. The van der Waals surface area contributed by atoms with Crippen molar-refractivity contribution in [3.63, 3.8) is 0 Å². The number of thiophene rings is 1. The molecule has 0 amide bonds. The van der Waals surface area contributed by atoms with Gasteiger partial charge in [-0.05, 0) is 61.9 Å². The maximum Gasteiger partial charge on any atom is 0.358 e. The average Bonchev–Trinajstić information content (AvgIpc) is 3.28. The molecule has 0 saturated heterocycles. The van der Waals surface area contributed by atoms with Crippen molar-refractivity contribution in [2.45, 2.75) is 33.8 Å². The SMILES string of the molecule is Cc1cc(C)c(C(=O)C(C)OC(=O)c2csc(-c3ccsc3)n2)cc1C. The normalized spacial score (nSPS) is 12.0. The fourth-order valence-corrected chi connectivity index (χ4v) is 4.11. The summed E-state index contributed by atoms with van der Waals surface area (Å²) in [5.41, 5.74) is 4.85. The van der Waals surface area contributed by atoms with E-state index in [0.29, 0.717) is 5.56 Å². The first-order valence-electron chi connectivity index (χ1n) is 8.18. The van der Waals surface area contributed by atoms with Crippen LogP contribution in [0.15, 0.2) is 34.3 Å². The molecule has 4 nitrogen and oxygen atoms in total. The van der Waals surface area contributed by atoms with Crippen LogP contribution in [0.5, 0.6) is 0 Å². The van der Waals surface area contributed by atoms with Crippen molar-refractivity contribution >= 4 is 34.4 Å². The molecular weight excluding hydrogens is 366 g/mol. The van der Waals surface area contributed by atoms with Gasteiger partial charge in [0, 0.05) is 21.9 Å². The highest BCUT2D eigenvalue weighted by molar-refractivity contribution is 7.14. The van der Waals surface area contributed by atoms with Crippen LogP contribution < -0.4 is 0 Å². The van der Waals surface area contributed by atoms with Crippen LogP contribution in [0.2, 0.25) is 0 Å². The maximum absolute atomic E-state index is 12.7. The molecular formula is C20H19NO3S2. The molecule has 0 N–H and O–H groups in total. The topological polar surface area (TPSA) is 56.3 Å². The number of hydrogen-bond acceptors (Lipinski definition) is 6. The van der Waals surface area contributed by atoms with Crippen molar-refractivity contribution < 1.29 is 14.3 Å². The van der Waals surface area contributed by atoms with Crippen molar-refractivity contribution in [3.8, 4) is 10.6 Å². The first-order chi connectivity index (χ1) is 12.4. The van der Waals surface area contributed by atoms with Crippen LogP contribution in [-0.2, 0) is 4.74 Å². The van der Waals surface area contributed by atoms with Crippen molar-refractivity contribution in [3.05, 3.63) is 62.3 Å². The number of benzene rings is 1. The zero-order valence-corrected chi connectivity index (χ0v) is 16.7. The lowest BCUT2D eigenvalue weighted by molar-refractivity contribution is 0.0313. The Balaban J connectivity index is 1.73. The molecule has 2 heterocycles. The second-order valence-corrected chi connectivity index (χ2v) is 7.85. The summed E-state index contributed by atoms with van der Waals surface area (Å²) in [4.78, 5) is 29.4. The largest absolute Gasteiger partial charge is 0.450 e. The van der Waals surface area contributed by atoms with Gasteiger partial charge >= 0.3 is 5.97 Å². The molecule has 1 unspecified atom stereocenters. The number of ether oxygens (including phenoxy) is 1. The minimum atomic E-state index is -0.866. The summed E-state index contributed by atoms with van der Waals surface area (Å²) in [5, 5.41) is 6.36. The predicted molar refractivity (Wildman–Crippen MR) is 105 cm³/mol. The molecule has 0 aliphatic rings. The third-order valence-corrected chi connectivity index (χ3v) is 5.82. The number of hydrogen-bond donors (Lipinski definition) is 0. The summed E-state index contributed by atoms with van der Waals surface area (Å²) in [5.74, 6) is -0.780. The van der Waals surface area contributed by atoms with Crippen LogP contribution >= 0.6 is 22.7 Å². The molecule has 1 atom stereocenters. The number of rotatable bonds is 5. The van der Waals surface area contributed by atoms with Gasteiger partial charge in [-0.15, -0.1) is 11.3 Å². The Bertz CT molecular complexity index is 958. The van der Waals surface area contributed by atoms with E-state index in [1.54, 1.807) is 23.6 Å². The number of ketones is 1. The Morgan fingerprint density at radius 2 is 1.81 bits per heavy atom. The Kier molecular flexibility index (Phi) is 5.34. The number of carbonyl (C=O) groups is 2. The van der Waals surface area contributed by atoms with E-state index in [4.69, 9.17) is 4.74 Å². The van der Waals surface area contributed by atoms with Gasteiger partial charge in [-0.1, -0.05) is 6.07 Å². The second kappa shape index (κ2) is 7.51. The number of aromatic nitrogens is 1. The molecule has 2 aromatic heterocycles. The third-order valence-electron chi connectivity index (χ3n) is 4.24. The van der Waals surface area contributed by atoms with Gasteiger partial charge in [0.2, 0.25) is 5.78 Å². The minimum Gasteiger partial charge on any atom is -0.450 e. The highest BCUT2D eigenvalue weighted by Gasteiger charge is 2.23. The molecule has 134 valence electrons. The number of carbonyl (C=O) groups excluding carboxylic acids is 2. The summed E-state index contributed by atoms with van der Waals surface area (Å²) in [6.45, 7) is 7.46. The van der Waals surface area contributed by atoms with Crippen molar-refractivity contribution in [2.75, 3.05) is 0 Å². The molecule has 0 bridgehead atoms. The fraction of sp³-hybridized carbons (Fsp3) is 0.250. The predicted octanol–water partition coefficient (Wildman–Crippen LogP) is 5.23. The van der Waals surface area contributed by atoms with Gasteiger partial charge in [-0.25, -0.2) is 9.78 Å². The van der Waals surface area contributed by atoms with E-state index >= 15 is 0 Å². The summed E-state index contributed by atoms with van der Waals surface area (Å²) in [6.07, 6.45) is -0.866. The Labute approximate surface area is 160 Å². The molecule has 6 heteroatoms. The van der Waals surface area contributed by atoms with Crippen LogP contribution in [0.1, 0.15) is 44.5 Å². The molecule has 0 aliphatic carbocycles. The van der Waals surface area contributed by atoms with Gasteiger partial charge in [0.15, 0.2) is 11.8 Å². The van der Waals surface area contributed by atoms with E-state index in [0.717, 1.165) is 27.3 Å². The second-order valence-electron chi connectivity index (χ2n) is 6.21. The Morgan fingerprint density at radius 1 is 1.08 bits per heavy atom. The molecule has 0 spiro atoms. The fourth-order valence-electron chi connectivity index (χ4n) is 2.61. The molecule has 1 aromatic carbocycles. The monoisotopic (exact) mass is 385 g/mol. The van der Waals surface area contributed by atoms with Gasteiger partial charge in [0.05, 0.1) is 0 Å². The first kappa shape index (κ1) is 18.5. The summed E-state index contributed by atoms with van der Waals surface area (Å²) >= 11 is 2.96. The van der Waals surface area contributed by atoms with Crippen molar-refractivity contribution in [1.82, 2.24) is 4.98 Å². The van der Waals surface area contributed by atoms with E-state index in [1.165, 1.54) is 11.3 Å². The molecule has 0 radical (unpaired) electrons. The lowest BCUT2D eigenvalue weighted by Gasteiger charge is -2.14. The van der Waals surface area contributed by atoms with Crippen LogP contribution in [-0.4, -0.2) is 22.8 Å². The number of Topliss-reactive ketones (excluding diaryl/α,β-unsaturated/α-hetero) is 1.